The molecule has 0 bridgehead atoms. The molecule has 0 spiro atoms. The average molecular weight is 251 g/mol. The highest BCUT2D eigenvalue weighted by atomic mass is 16.2. The van der Waals surface area contributed by atoms with Crippen LogP contribution >= 0.6 is 0 Å². The summed E-state index contributed by atoms with van der Waals surface area (Å²) in [4.78, 5) is 28.1. The molecule has 0 aromatic carbocycles. The summed E-state index contributed by atoms with van der Waals surface area (Å²) in [6.45, 7) is 5.47. The van der Waals surface area contributed by atoms with E-state index < -0.39 is 0 Å². The molecule has 3 rings (SSSR count). The Hall–Kier alpha value is -0.940. The number of nitrogens with zero attached hydrogens (tertiary/aromatic N) is 2. The Kier molecular flexibility index (Phi) is 3.35. The molecule has 2 aliphatic heterocycles. The van der Waals surface area contributed by atoms with Gasteiger partial charge in [0.2, 0.25) is 11.8 Å². The van der Waals surface area contributed by atoms with Gasteiger partial charge in [0.1, 0.15) is 0 Å². The van der Waals surface area contributed by atoms with E-state index in [2.05, 4.69) is 10.2 Å². The molecule has 2 saturated heterocycles. The zero-order valence-electron chi connectivity index (χ0n) is 10.7. The van der Waals surface area contributed by atoms with Gasteiger partial charge >= 0.3 is 0 Å². The lowest BCUT2D eigenvalue weighted by molar-refractivity contribution is -0.140. The third kappa shape index (κ3) is 2.06. The lowest BCUT2D eigenvalue weighted by Gasteiger charge is -2.28. The summed E-state index contributed by atoms with van der Waals surface area (Å²) in [5, 5.41) is 3.30. The molecule has 1 N–H and O–H groups in total. The summed E-state index contributed by atoms with van der Waals surface area (Å²) >= 11 is 0. The van der Waals surface area contributed by atoms with E-state index in [1.807, 2.05) is 0 Å². The van der Waals surface area contributed by atoms with E-state index in [9.17, 15) is 9.59 Å². The predicted molar refractivity (Wildman–Crippen MR) is 66.9 cm³/mol. The van der Waals surface area contributed by atoms with E-state index in [1.54, 1.807) is 0 Å². The Morgan fingerprint density at radius 1 is 1.00 bits per heavy atom. The first-order valence-electron chi connectivity index (χ1n) is 7.05. The van der Waals surface area contributed by atoms with E-state index in [0.717, 1.165) is 52.0 Å². The number of carbonyl (C=O) groups excluding carboxylic acids is 2. The maximum Gasteiger partial charge on any atom is 0.233 e. The SMILES string of the molecule is O=C1C2CCCC2C(=O)N1CCN1CCNCC1. The van der Waals surface area contributed by atoms with Crippen molar-refractivity contribution in [3.63, 3.8) is 0 Å². The normalized spacial score (nSPS) is 33.2. The van der Waals surface area contributed by atoms with Crippen LogP contribution < -0.4 is 5.32 Å². The molecule has 1 aliphatic carbocycles. The van der Waals surface area contributed by atoms with Gasteiger partial charge in [-0.25, -0.2) is 0 Å². The number of imide groups is 1. The highest BCUT2D eigenvalue weighted by molar-refractivity contribution is 6.05. The van der Waals surface area contributed by atoms with Crippen molar-refractivity contribution in [3.8, 4) is 0 Å². The van der Waals surface area contributed by atoms with E-state index in [-0.39, 0.29) is 23.7 Å². The second-order valence-electron chi connectivity index (χ2n) is 5.56. The van der Waals surface area contributed by atoms with Crippen LogP contribution in [0.5, 0.6) is 0 Å². The maximum atomic E-state index is 12.1. The van der Waals surface area contributed by atoms with Gasteiger partial charge in [0.05, 0.1) is 11.8 Å². The lowest BCUT2D eigenvalue weighted by Crippen LogP contribution is -2.47. The number of rotatable bonds is 3. The molecule has 2 atom stereocenters. The monoisotopic (exact) mass is 251 g/mol. The number of likely N-dealkylation sites (tertiary alicyclic amines) is 1. The molecule has 18 heavy (non-hydrogen) atoms. The number of hydrogen-bond donors (Lipinski definition) is 1. The molecule has 2 amide bonds. The van der Waals surface area contributed by atoms with Gasteiger partial charge in [-0.05, 0) is 12.8 Å². The summed E-state index contributed by atoms with van der Waals surface area (Å²) in [7, 11) is 0. The van der Waals surface area contributed by atoms with Crippen LogP contribution in [0.1, 0.15) is 19.3 Å². The van der Waals surface area contributed by atoms with Crippen LogP contribution in [0.3, 0.4) is 0 Å². The Morgan fingerprint density at radius 2 is 1.61 bits per heavy atom. The van der Waals surface area contributed by atoms with Crippen molar-refractivity contribution in [3.05, 3.63) is 0 Å². The summed E-state index contributed by atoms with van der Waals surface area (Å²) < 4.78 is 0. The van der Waals surface area contributed by atoms with Crippen LogP contribution in [-0.2, 0) is 9.59 Å². The van der Waals surface area contributed by atoms with Gasteiger partial charge < -0.3 is 5.32 Å². The third-order valence-corrected chi connectivity index (χ3v) is 4.53. The number of piperazine rings is 1. The van der Waals surface area contributed by atoms with Crippen molar-refractivity contribution in [1.29, 1.82) is 0 Å². The van der Waals surface area contributed by atoms with Gasteiger partial charge in [0.25, 0.3) is 0 Å². The topological polar surface area (TPSA) is 52.7 Å². The van der Waals surface area contributed by atoms with Gasteiger partial charge in [-0.2, -0.15) is 0 Å². The molecule has 0 aromatic heterocycles. The first-order valence-corrected chi connectivity index (χ1v) is 7.05. The van der Waals surface area contributed by atoms with Crippen molar-refractivity contribution in [2.75, 3.05) is 39.3 Å². The highest BCUT2D eigenvalue weighted by Gasteiger charge is 2.49. The maximum absolute atomic E-state index is 12.1. The van der Waals surface area contributed by atoms with E-state index >= 15 is 0 Å². The van der Waals surface area contributed by atoms with Gasteiger partial charge in [-0.15, -0.1) is 0 Å². The fraction of sp³-hybridized carbons (Fsp3) is 0.846. The molecular weight excluding hydrogens is 230 g/mol. The molecule has 5 nitrogen and oxygen atoms in total. The summed E-state index contributed by atoms with van der Waals surface area (Å²) in [6, 6.07) is 0. The molecule has 1 saturated carbocycles. The standard InChI is InChI=1S/C13H21N3O2/c17-12-10-2-1-3-11(10)13(18)16(12)9-8-15-6-4-14-5-7-15/h10-11,14H,1-9H2. The Labute approximate surface area is 107 Å². The minimum atomic E-state index is 0.0144. The average Bonchev–Trinajstić information content (AvgIpc) is 2.95. The number of amides is 2. The largest absolute Gasteiger partial charge is 0.314 e. The van der Waals surface area contributed by atoms with Crippen molar-refractivity contribution >= 4 is 11.8 Å². The van der Waals surface area contributed by atoms with Gasteiger partial charge in [0, 0.05) is 39.3 Å². The van der Waals surface area contributed by atoms with Crippen LogP contribution in [0.25, 0.3) is 0 Å². The molecule has 100 valence electrons. The van der Waals surface area contributed by atoms with Crippen molar-refractivity contribution in [2.24, 2.45) is 11.8 Å². The quantitative estimate of drug-likeness (QED) is 0.698. The molecule has 2 heterocycles. The fourth-order valence-electron chi connectivity index (χ4n) is 3.46. The lowest BCUT2D eigenvalue weighted by atomic mass is 10.00. The molecule has 3 aliphatic rings. The number of fused-ring (bicyclic) bond motifs is 1. The minimum Gasteiger partial charge on any atom is -0.314 e. The van der Waals surface area contributed by atoms with Crippen molar-refractivity contribution in [1.82, 2.24) is 15.1 Å². The third-order valence-electron chi connectivity index (χ3n) is 4.53. The highest BCUT2D eigenvalue weighted by Crippen LogP contribution is 2.39. The van der Waals surface area contributed by atoms with Crippen LogP contribution in [0.15, 0.2) is 0 Å². The van der Waals surface area contributed by atoms with Gasteiger partial charge in [0.15, 0.2) is 0 Å². The zero-order valence-corrected chi connectivity index (χ0v) is 10.7. The smallest absolute Gasteiger partial charge is 0.233 e. The molecule has 2 unspecified atom stereocenters. The van der Waals surface area contributed by atoms with Crippen LogP contribution in [0.2, 0.25) is 0 Å². The summed E-state index contributed by atoms with van der Waals surface area (Å²) in [6.07, 6.45) is 2.87. The van der Waals surface area contributed by atoms with Crippen LogP contribution in [0, 0.1) is 11.8 Å². The molecule has 0 aromatic rings. The molecular formula is C13H21N3O2. The van der Waals surface area contributed by atoms with Gasteiger partial charge in [-0.1, -0.05) is 6.42 Å². The zero-order chi connectivity index (χ0) is 12.5. The second kappa shape index (κ2) is 4.97. The van der Waals surface area contributed by atoms with Crippen LogP contribution in [0.4, 0.5) is 0 Å². The Morgan fingerprint density at radius 3 is 2.22 bits per heavy atom. The van der Waals surface area contributed by atoms with Crippen LogP contribution in [-0.4, -0.2) is 60.9 Å². The van der Waals surface area contributed by atoms with E-state index in [1.165, 1.54) is 4.90 Å². The fourth-order valence-corrected chi connectivity index (χ4v) is 3.46. The Bertz CT molecular complexity index is 330. The second-order valence-corrected chi connectivity index (χ2v) is 5.56. The predicted octanol–water partition coefficient (Wildman–Crippen LogP) is -0.323. The van der Waals surface area contributed by atoms with E-state index in [0.29, 0.717) is 6.54 Å². The van der Waals surface area contributed by atoms with E-state index in [4.69, 9.17) is 0 Å². The first-order chi connectivity index (χ1) is 8.77. The van der Waals surface area contributed by atoms with Crippen molar-refractivity contribution < 1.29 is 9.59 Å². The molecule has 5 heteroatoms. The number of hydrogen-bond acceptors (Lipinski definition) is 4. The molecule has 0 radical (unpaired) electrons. The Balaban J connectivity index is 1.56. The number of nitrogens with one attached hydrogen (secondary N) is 1. The number of carbonyl (C=O) groups is 2. The first kappa shape index (κ1) is 12.1. The summed E-state index contributed by atoms with van der Waals surface area (Å²) in [5.41, 5.74) is 0. The van der Waals surface area contributed by atoms with Crippen molar-refractivity contribution in [2.45, 2.75) is 19.3 Å². The summed E-state index contributed by atoms with van der Waals surface area (Å²) in [5.74, 6) is 0.219. The van der Waals surface area contributed by atoms with Gasteiger partial charge in [-0.3, -0.25) is 19.4 Å². The molecule has 3 fully saturated rings. The minimum absolute atomic E-state index is 0.0144.